The standard InChI is InChI=1S/C13H18O5/c1-9(2)18-13(15)8-17-12-6-10(7-14)4-5-11(12)16-3/h4-6,9,14H,7-8H2,1-3H3. The lowest BCUT2D eigenvalue weighted by molar-refractivity contribution is -0.149. The molecule has 100 valence electrons. The summed E-state index contributed by atoms with van der Waals surface area (Å²) in [5, 5.41) is 9.03. The number of aliphatic hydroxyl groups excluding tert-OH is 1. The van der Waals surface area contributed by atoms with Crippen LogP contribution in [0.15, 0.2) is 18.2 Å². The number of benzene rings is 1. The molecule has 0 amide bonds. The second kappa shape index (κ2) is 6.86. The first-order valence-electron chi connectivity index (χ1n) is 5.67. The molecule has 5 nitrogen and oxygen atoms in total. The van der Waals surface area contributed by atoms with Crippen LogP contribution < -0.4 is 9.47 Å². The highest BCUT2D eigenvalue weighted by Crippen LogP contribution is 2.28. The minimum atomic E-state index is -0.443. The van der Waals surface area contributed by atoms with Gasteiger partial charge < -0.3 is 19.3 Å². The van der Waals surface area contributed by atoms with E-state index in [1.165, 1.54) is 7.11 Å². The molecule has 1 rings (SSSR count). The largest absolute Gasteiger partial charge is 0.493 e. The van der Waals surface area contributed by atoms with Gasteiger partial charge in [0, 0.05) is 0 Å². The summed E-state index contributed by atoms with van der Waals surface area (Å²) in [6, 6.07) is 5.02. The van der Waals surface area contributed by atoms with Crippen LogP contribution in [0.25, 0.3) is 0 Å². The fourth-order valence-electron chi connectivity index (χ4n) is 1.37. The maximum atomic E-state index is 11.3. The van der Waals surface area contributed by atoms with E-state index in [2.05, 4.69) is 0 Å². The molecule has 5 heteroatoms. The van der Waals surface area contributed by atoms with Gasteiger partial charge >= 0.3 is 5.97 Å². The van der Waals surface area contributed by atoms with Crippen LogP contribution in [0.1, 0.15) is 19.4 Å². The van der Waals surface area contributed by atoms with Crippen molar-refractivity contribution in [2.24, 2.45) is 0 Å². The number of aliphatic hydroxyl groups is 1. The zero-order chi connectivity index (χ0) is 13.5. The average Bonchev–Trinajstić information content (AvgIpc) is 2.35. The Bertz CT molecular complexity index is 400. The summed E-state index contributed by atoms with van der Waals surface area (Å²) < 4.78 is 15.4. The van der Waals surface area contributed by atoms with E-state index >= 15 is 0 Å². The number of methoxy groups -OCH3 is 1. The van der Waals surface area contributed by atoms with Crippen LogP contribution in [0.5, 0.6) is 11.5 Å². The molecule has 0 saturated heterocycles. The minimum absolute atomic E-state index is 0.100. The lowest BCUT2D eigenvalue weighted by Gasteiger charge is -2.12. The quantitative estimate of drug-likeness (QED) is 0.780. The van der Waals surface area contributed by atoms with Gasteiger partial charge in [0.05, 0.1) is 19.8 Å². The summed E-state index contributed by atoms with van der Waals surface area (Å²) >= 11 is 0. The van der Waals surface area contributed by atoms with Gasteiger partial charge in [-0.3, -0.25) is 0 Å². The van der Waals surface area contributed by atoms with Crippen molar-refractivity contribution in [2.45, 2.75) is 26.6 Å². The highest BCUT2D eigenvalue weighted by Gasteiger charge is 2.10. The van der Waals surface area contributed by atoms with Crippen LogP contribution in [-0.4, -0.2) is 30.9 Å². The molecule has 0 aromatic heterocycles. The predicted octanol–water partition coefficient (Wildman–Crippen LogP) is 1.52. The first kappa shape index (κ1) is 14.3. The number of hydrogen-bond donors (Lipinski definition) is 1. The maximum absolute atomic E-state index is 11.3. The molecule has 0 aliphatic carbocycles. The third-order valence-corrected chi connectivity index (χ3v) is 2.12. The van der Waals surface area contributed by atoms with Gasteiger partial charge in [-0.2, -0.15) is 0 Å². The van der Waals surface area contributed by atoms with E-state index in [1.807, 2.05) is 0 Å². The summed E-state index contributed by atoms with van der Waals surface area (Å²) in [7, 11) is 1.51. The van der Waals surface area contributed by atoms with Gasteiger partial charge in [0.1, 0.15) is 0 Å². The van der Waals surface area contributed by atoms with Crippen molar-refractivity contribution in [3.8, 4) is 11.5 Å². The van der Waals surface area contributed by atoms with Gasteiger partial charge in [0.25, 0.3) is 0 Å². The third kappa shape index (κ3) is 4.25. The lowest BCUT2D eigenvalue weighted by Crippen LogP contribution is -2.18. The Morgan fingerprint density at radius 1 is 1.33 bits per heavy atom. The molecule has 0 fully saturated rings. The highest BCUT2D eigenvalue weighted by atomic mass is 16.6. The van der Waals surface area contributed by atoms with E-state index in [0.29, 0.717) is 17.1 Å². The highest BCUT2D eigenvalue weighted by molar-refractivity contribution is 5.71. The van der Waals surface area contributed by atoms with Crippen molar-refractivity contribution in [3.05, 3.63) is 23.8 Å². The Morgan fingerprint density at radius 3 is 2.61 bits per heavy atom. The summed E-state index contributed by atoms with van der Waals surface area (Å²) in [4.78, 5) is 11.3. The fraction of sp³-hybridized carbons (Fsp3) is 0.462. The van der Waals surface area contributed by atoms with E-state index in [-0.39, 0.29) is 19.3 Å². The van der Waals surface area contributed by atoms with Gasteiger partial charge in [-0.15, -0.1) is 0 Å². The summed E-state index contributed by atoms with van der Waals surface area (Å²) in [5.41, 5.74) is 0.683. The summed E-state index contributed by atoms with van der Waals surface area (Å²) in [6.45, 7) is 3.25. The number of esters is 1. The molecule has 0 unspecified atom stereocenters. The van der Waals surface area contributed by atoms with E-state index < -0.39 is 5.97 Å². The number of carbonyl (C=O) groups is 1. The van der Waals surface area contributed by atoms with Gasteiger partial charge in [-0.1, -0.05) is 6.07 Å². The summed E-state index contributed by atoms with van der Waals surface area (Å²) in [6.07, 6.45) is -0.174. The molecule has 1 N–H and O–H groups in total. The van der Waals surface area contributed by atoms with E-state index in [0.717, 1.165) is 0 Å². The molecule has 0 heterocycles. The van der Waals surface area contributed by atoms with Crippen LogP contribution in [0.3, 0.4) is 0 Å². The fourth-order valence-corrected chi connectivity index (χ4v) is 1.37. The number of rotatable bonds is 6. The SMILES string of the molecule is COc1ccc(CO)cc1OCC(=O)OC(C)C. The van der Waals surface area contributed by atoms with Crippen LogP contribution >= 0.6 is 0 Å². The molecule has 1 aromatic rings. The van der Waals surface area contributed by atoms with Crippen LogP contribution in [0.2, 0.25) is 0 Å². The Hall–Kier alpha value is -1.75. The van der Waals surface area contributed by atoms with Crippen molar-refractivity contribution in [1.29, 1.82) is 0 Å². The molecule has 0 bridgehead atoms. The van der Waals surface area contributed by atoms with Crippen LogP contribution in [-0.2, 0) is 16.1 Å². The van der Waals surface area contributed by atoms with Crippen molar-refractivity contribution < 1.29 is 24.1 Å². The molecule has 1 aromatic carbocycles. The number of hydrogen-bond acceptors (Lipinski definition) is 5. The molecule has 0 radical (unpaired) electrons. The van der Waals surface area contributed by atoms with Crippen molar-refractivity contribution >= 4 is 5.97 Å². The second-order valence-electron chi connectivity index (χ2n) is 3.97. The van der Waals surface area contributed by atoms with E-state index in [1.54, 1.807) is 32.0 Å². The molecule has 0 spiro atoms. The zero-order valence-electron chi connectivity index (χ0n) is 10.8. The molecular formula is C13H18O5. The van der Waals surface area contributed by atoms with Crippen molar-refractivity contribution in [2.75, 3.05) is 13.7 Å². The second-order valence-corrected chi connectivity index (χ2v) is 3.97. The van der Waals surface area contributed by atoms with Gasteiger partial charge in [0.15, 0.2) is 18.1 Å². The van der Waals surface area contributed by atoms with E-state index in [4.69, 9.17) is 19.3 Å². The monoisotopic (exact) mass is 254 g/mol. The molecular weight excluding hydrogens is 236 g/mol. The topological polar surface area (TPSA) is 65.0 Å². The van der Waals surface area contributed by atoms with Gasteiger partial charge in [0.2, 0.25) is 0 Å². The van der Waals surface area contributed by atoms with Crippen molar-refractivity contribution in [3.63, 3.8) is 0 Å². The molecule has 0 aliphatic rings. The lowest BCUT2D eigenvalue weighted by atomic mass is 10.2. The smallest absolute Gasteiger partial charge is 0.344 e. The van der Waals surface area contributed by atoms with Gasteiger partial charge in [-0.05, 0) is 31.5 Å². The first-order valence-corrected chi connectivity index (χ1v) is 5.67. The predicted molar refractivity (Wildman–Crippen MR) is 65.6 cm³/mol. The average molecular weight is 254 g/mol. The number of carbonyl (C=O) groups excluding carboxylic acids is 1. The first-order chi connectivity index (χ1) is 8.56. The Morgan fingerprint density at radius 2 is 2.06 bits per heavy atom. The molecule has 0 atom stereocenters. The normalized spacial score (nSPS) is 10.3. The van der Waals surface area contributed by atoms with Gasteiger partial charge in [-0.25, -0.2) is 4.79 Å². The third-order valence-electron chi connectivity index (χ3n) is 2.12. The maximum Gasteiger partial charge on any atom is 0.344 e. The van der Waals surface area contributed by atoms with Crippen LogP contribution in [0, 0.1) is 0 Å². The molecule has 18 heavy (non-hydrogen) atoms. The van der Waals surface area contributed by atoms with Crippen LogP contribution in [0.4, 0.5) is 0 Å². The van der Waals surface area contributed by atoms with E-state index in [9.17, 15) is 4.79 Å². The molecule has 0 aliphatic heterocycles. The molecule has 0 saturated carbocycles. The Kier molecular flexibility index (Phi) is 5.45. The Labute approximate surface area is 106 Å². The van der Waals surface area contributed by atoms with Crippen molar-refractivity contribution in [1.82, 2.24) is 0 Å². The number of ether oxygens (including phenoxy) is 3. The zero-order valence-corrected chi connectivity index (χ0v) is 10.8. The minimum Gasteiger partial charge on any atom is -0.493 e. The summed E-state index contributed by atoms with van der Waals surface area (Å²) in [5.74, 6) is 0.468. The Balaban J connectivity index is 2.67.